The number of aliphatic hydroxyl groups excluding tert-OH is 2. The van der Waals surface area contributed by atoms with Crippen LogP contribution in [0.2, 0.25) is 0 Å². The summed E-state index contributed by atoms with van der Waals surface area (Å²) in [5.41, 5.74) is 0. The number of hydrogen-bond acceptors (Lipinski definition) is 5. The maximum atomic E-state index is 13.1. The second-order valence-electron chi connectivity index (χ2n) is 15.5. The Hall–Kier alpha value is -3.22. The van der Waals surface area contributed by atoms with Crippen molar-refractivity contribution in [1.82, 2.24) is 5.32 Å². The molecule has 0 bridgehead atoms. The minimum absolute atomic E-state index is 0.0236. The number of aliphatic hydroxyl groups is 2. The van der Waals surface area contributed by atoms with Gasteiger partial charge in [-0.3, -0.25) is 9.59 Å². The predicted molar refractivity (Wildman–Crippen MR) is 250 cm³/mol. The van der Waals surface area contributed by atoms with Crippen molar-refractivity contribution in [2.24, 2.45) is 0 Å². The first-order valence-corrected chi connectivity index (χ1v) is 23.5. The van der Waals surface area contributed by atoms with E-state index in [0.29, 0.717) is 25.7 Å². The first-order valence-electron chi connectivity index (χ1n) is 23.5. The van der Waals surface area contributed by atoms with Crippen LogP contribution in [0.1, 0.15) is 194 Å². The zero-order valence-corrected chi connectivity index (χ0v) is 37.4. The summed E-state index contributed by atoms with van der Waals surface area (Å²) in [5, 5.41) is 23.6. The molecule has 330 valence electrons. The standard InChI is InChI=1S/C52H87NO5/c1-4-7-10-13-16-19-21-23-24-25-26-28-30-33-36-39-42-45-52(57)58-48(43-40-37-34-32-29-27-22-20-17-14-11-8-5-2)46-51(56)53-49(47-54)50(55)44-41-38-35-31-18-15-12-9-6-3/h8,11,14,16-17,19-20,22-24,26-29,33,36,48-50,54-55H,4-7,9-10,12-13,15,18,21,25,30-32,34-35,37-47H2,1-3H3,(H,53,56)/b11-8+,17-14+,19-16-,22-20+,24-23-,28-26-,29-27-,36-33-. The van der Waals surface area contributed by atoms with E-state index >= 15 is 0 Å². The first kappa shape index (κ1) is 54.8. The number of carbonyl (C=O) groups is 2. The lowest BCUT2D eigenvalue weighted by molar-refractivity contribution is -0.151. The van der Waals surface area contributed by atoms with Crippen LogP contribution >= 0.6 is 0 Å². The number of ether oxygens (including phenoxy) is 1. The first-order chi connectivity index (χ1) is 28.5. The Labute approximate surface area is 356 Å². The van der Waals surface area contributed by atoms with Crippen molar-refractivity contribution in [3.63, 3.8) is 0 Å². The Bertz CT molecular complexity index is 1180. The molecule has 3 unspecified atom stereocenters. The average Bonchev–Trinajstić information content (AvgIpc) is 3.22. The molecule has 0 aliphatic carbocycles. The van der Waals surface area contributed by atoms with E-state index in [0.717, 1.165) is 77.0 Å². The van der Waals surface area contributed by atoms with Crippen LogP contribution in [0, 0.1) is 0 Å². The summed E-state index contributed by atoms with van der Waals surface area (Å²) in [4.78, 5) is 26.0. The smallest absolute Gasteiger partial charge is 0.306 e. The Morgan fingerprint density at radius 1 is 0.534 bits per heavy atom. The monoisotopic (exact) mass is 806 g/mol. The number of allylic oxidation sites excluding steroid dienone is 16. The zero-order valence-electron chi connectivity index (χ0n) is 37.4. The summed E-state index contributed by atoms with van der Waals surface area (Å²) in [5.74, 6) is -0.593. The van der Waals surface area contributed by atoms with E-state index < -0.39 is 18.2 Å². The Morgan fingerprint density at radius 2 is 1.00 bits per heavy atom. The minimum atomic E-state index is -0.811. The largest absolute Gasteiger partial charge is 0.462 e. The summed E-state index contributed by atoms with van der Waals surface area (Å²) in [7, 11) is 0. The highest BCUT2D eigenvalue weighted by atomic mass is 16.5. The molecule has 0 radical (unpaired) electrons. The Morgan fingerprint density at radius 3 is 1.60 bits per heavy atom. The molecule has 0 saturated carbocycles. The lowest BCUT2D eigenvalue weighted by atomic mass is 10.0. The van der Waals surface area contributed by atoms with E-state index in [1.54, 1.807) is 0 Å². The van der Waals surface area contributed by atoms with Gasteiger partial charge in [-0.2, -0.15) is 0 Å². The van der Waals surface area contributed by atoms with E-state index in [1.165, 1.54) is 64.2 Å². The molecule has 0 rings (SSSR count). The van der Waals surface area contributed by atoms with Crippen molar-refractivity contribution in [3.8, 4) is 0 Å². The molecule has 0 aliphatic heterocycles. The number of unbranched alkanes of at least 4 members (excludes halogenated alkanes) is 15. The summed E-state index contributed by atoms with van der Waals surface area (Å²) in [6.45, 7) is 6.25. The summed E-state index contributed by atoms with van der Waals surface area (Å²) >= 11 is 0. The predicted octanol–water partition coefficient (Wildman–Crippen LogP) is 13.8. The number of hydrogen-bond donors (Lipinski definition) is 3. The molecule has 6 nitrogen and oxygen atoms in total. The Kier molecular flexibility index (Phi) is 42.4. The molecule has 0 aliphatic rings. The van der Waals surface area contributed by atoms with Crippen LogP contribution in [0.15, 0.2) is 97.2 Å². The molecule has 3 atom stereocenters. The van der Waals surface area contributed by atoms with Crippen LogP contribution in [0.5, 0.6) is 0 Å². The maximum absolute atomic E-state index is 13.1. The van der Waals surface area contributed by atoms with Gasteiger partial charge in [-0.25, -0.2) is 0 Å². The number of nitrogens with one attached hydrogen (secondary N) is 1. The number of carbonyl (C=O) groups excluding carboxylic acids is 2. The van der Waals surface area contributed by atoms with Gasteiger partial charge >= 0.3 is 5.97 Å². The molecule has 0 spiro atoms. The SMILES string of the molecule is CC/C=C/C=C/C=C/C=C\CCCCCC(CC(=O)NC(CO)C(O)CCCCCCCCCCC)OC(=O)CCC/C=C\C/C=C\C/C=C\C/C=C\CCCCC. The van der Waals surface area contributed by atoms with Crippen LogP contribution < -0.4 is 5.32 Å². The number of amides is 1. The van der Waals surface area contributed by atoms with Crippen molar-refractivity contribution in [2.75, 3.05) is 6.61 Å². The van der Waals surface area contributed by atoms with Crippen molar-refractivity contribution in [3.05, 3.63) is 97.2 Å². The quantitative estimate of drug-likeness (QED) is 0.0248. The van der Waals surface area contributed by atoms with Gasteiger partial charge in [0.2, 0.25) is 5.91 Å². The third-order valence-electron chi connectivity index (χ3n) is 9.99. The van der Waals surface area contributed by atoms with Crippen LogP contribution in [0.25, 0.3) is 0 Å². The van der Waals surface area contributed by atoms with E-state index in [9.17, 15) is 19.8 Å². The molecule has 6 heteroatoms. The van der Waals surface area contributed by atoms with Gasteiger partial charge in [-0.15, -0.1) is 0 Å². The lowest BCUT2D eigenvalue weighted by Crippen LogP contribution is -2.46. The van der Waals surface area contributed by atoms with Crippen molar-refractivity contribution in [2.45, 2.75) is 212 Å². The average molecular weight is 806 g/mol. The molecule has 0 saturated heterocycles. The summed E-state index contributed by atoms with van der Waals surface area (Å²) < 4.78 is 5.86. The van der Waals surface area contributed by atoms with Gasteiger partial charge in [-0.1, -0.05) is 195 Å². The third-order valence-corrected chi connectivity index (χ3v) is 9.99. The highest BCUT2D eigenvalue weighted by Gasteiger charge is 2.24. The van der Waals surface area contributed by atoms with Gasteiger partial charge in [0, 0.05) is 6.42 Å². The molecule has 3 N–H and O–H groups in total. The summed E-state index contributed by atoms with van der Waals surface area (Å²) in [6, 6.07) is -0.729. The van der Waals surface area contributed by atoms with Crippen molar-refractivity contribution >= 4 is 11.9 Å². The van der Waals surface area contributed by atoms with Gasteiger partial charge in [0.1, 0.15) is 6.10 Å². The van der Waals surface area contributed by atoms with Gasteiger partial charge in [0.05, 0.1) is 25.2 Å². The molecular weight excluding hydrogens is 719 g/mol. The zero-order chi connectivity index (χ0) is 42.4. The van der Waals surface area contributed by atoms with E-state index in [4.69, 9.17) is 4.74 Å². The van der Waals surface area contributed by atoms with Crippen LogP contribution in [-0.2, 0) is 14.3 Å². The molecule has 0 aromatic rings. The molecular formula is C52H87NO5. The van der Waals surface area contributed by atoms with Crippen molar-refractivity contribution in [1.29, 1.82) is 0 Å². The molecule has 0 heterocycles. The third kappa shape index (κ3) is 39.6. The summed E-state index contributed by atoms with van der Waals surface area (Å²) in [6.07, 6.45) is 59.0. The highest BCUT2D eigenvalue weighted by Crippen LogP contribution is 2.16. The number of rotatable bonds is 40. The number of esters is 1. The van der Waals surface area contributed by atoms with Gasteiger partial charge in [0.15, 0.2) is 0 Å². The lowest BCUT2D eigenvalue weighted by Gasteiger charge is -2.24. The van der Waals surface area contributed by atoms with E-state index in [-0.39, 0.29) is 24.9 Å². The van der Waals surface area contributed by atoms with Gasteiger partial charge in [0.25, 0.3) is 0 Å². The minimum Gasteiger partial charge on any atom is -0.462 e. The topological polar surface area (TPSA) is 95.9 Å². The Balaban J connectivity index is 4.77. The fourth-order valence-electron chi connectivity index (χ4n) is 6.43. The highest BCUT2D eigenvalue weighted by molar-refractivity contribution is 5.77. The molecule has 0 aromatic heterocycles. The van der Waals surface area contributed by atoms with Crippen LogP contribution in [0.4, 0.5) is 0 Å². The van der Waals surface area contributed by atoms with E-state index in [1.807, 2.05) is 30.4 Å². The fraction of sp³-hybridized carbons (Fsp3) is 0.654. The van der Waals surface area contributed by atoms with E-state index in [2.05, 4.69) is 92.9 Å². The molecule has 1 amide bonds. The molecule has 58 heavy (non-hydrogen) atoms. The fourth-order valence-corrected chi connectivity index (χ4v) is 6.43. The van der Waals surface area contributed by atoms with Crippen molar-refractivity contribution < 1.29 is 24.5 Å². The van der Waals surface area contributed by atoms with Crippen LogP contribution in [-0.4, -0.2) is 46.9 Å². The maximum Gasteiger partial charge on any atom is 0.306 e. The molecule has 0 fully saturated rings. The van der Waals surface area contributed by atoms with Crippen LogP contribution in [0.3, 0.4) is 0 Å². The normalized spacial score (nSPS) is 14.2. The molecule has 0 aromatic carbocycles. The second kappa shape index (κ2) is 44.9. The van der Waals surface area contributed by atoms with Gasteiger partial charge < -0.3 is 20.3 Å². The van der Waals surface area contributed by atoms with Gasteiger partial charge in [-0.05, 0) is 83.5 Å². The second-order valence-corrected chi connectivity index (χ2v) is 15.5.